The number of rotatable bonds is 4. The lowest BCUT2D eigenvalue weighted by atomic mass is 10.1. The Bertz CT molecular complexity index is 375. The fraction of sp³-hybridized carbons (Fsp3) is 0.273. The summed E-state index contributed by atoms with van der Waals surface area (Å²) in [6.07, 6.45) is 0.659. The first-order chi connectivity index (χ1) is 7.19. The van der Waals surface area contributed by atoms with Crippen molar-refractivity contribution in [3.63, 3.8) is 0 Å². The van der Waals surface area contributed by atoms with Crippen LogP contribution in [-0.4, -0.2) is 25.8 Å². The first-order valence-electron chi connectivity index (χ1n) is 4.69. The number of carbonyl (C=O) groups excluding carboxylic acids is 2. The lowest BCUT2D eigenvalue weighted by Crippen LogP contribution is -2.25. The van der Waals surface area contributed by atoms with Gasteiger partial charge in [0.05, 0.1) is 12.1 Å². The summed E-state index contributed by atoms with van der Waals surface area (Å²) in [4.78, 5) is 21.8. The first kappa shape index (κ1) is 11.2. The minimum atomic E-state index is -0.241. The van der Waals surface area contributed by atoms with E-state index in [1.165, 1.54) is 0 Å². The van der Waals surface area contributed by atoms with Crippen LogP contribution < -0.4 is 10.6 Å². The number of amides is 1. The van der Waals surface area contributed by atoms with Crippen LogP contribution in [0, 0.1) is 6.92 Å². The van der Waals surface area contributed by atoms with E-state index in [0.717, 1.165) is 11.3 Å². The average Bonchev–Trinajstić information content (AvgIpc) is 2.25. The summed E-state index contributed by atoms with van der Waals surface area (Å²) in [7, 11) is 1.75. The summed E-state index contributed by atoms with van der Waals surface area (Å²) in [5, 5.41) is 5.43. The highest BCUT2D eigenvalue weighted by Gasteiger charge is 2.09. The first-order valence-corrected chi connectivity index (χ1v) is 4.69. The quantitative estimate of drug-likeness (QED) is 0.721. The van der Waals surface area contributed by atoms with Crippen molar-refractivity contribution < 1.29 is 9.59 Å². The molecule has 1 amide bonds. The van der Waals surface area contributed by atoms with E-state index >= 15 is 0 Å². The summed E-state index contributed by atoms with van der Waals surface area (Å²) >= 11 is 0. The Morgan fingerprint density at radius 3 is 2.80 bits per heavy atom. The van der Waals surface area contributed by atoms with E-state index in [0.29, 0.717) is 11.8 Å². The minimum absolute atomic E-state index is 0.0376. The Kier molecular flexibility index (Phi) is 3.85. The highest BCUT2D eigenvalue weighted by Crippen LogP contribution is 2.16. The van der Waals surface area contributed by atoms with E-state index in [2.05, 4.69) is 10.6 Å². The van der Waals surface area contributed by atoms with Crippen molar-refractivity contribution in [2.75, 3.05) is 18.9 Å². The molecule has 1 aromatic carbocycles. The maximum absolute atomic E-state index is 11.6. The predicted octanol–water partition coefficient (Wildman–Crippen LogP) is 0.965. The van der Waals surface area contributed by atoms with E-state index in [-0.39, 0.29) is 12.5 Å². The van der Waals surface area contributed by atoms with E-state index in [1.54, 1.807) is 13.1 Å². The Labute approximate surface area is 88.7 Å². The number of anilines is 1. The van der Waals surface area contributed by atoms with Gasteiger partial charge in [-0.05, 0) is 19.1 Å². The standard InChI is InChI=1S/C11H14N2O2/c1-8-3-4-10(12-2)9(7-8)11(15)13-5-6-14/h3-4,6-7,12H,5H2,1-2H3,(H,13,15). The molecule has 0 heterocycles. The van der Waals surface area contributed by atoms with Crippen LogP contribution in [0.3, 0.4) is 0 Å². The summed E-state index contributed by atoms with van der Waals surface area (Å²) in [5.41, 5.74) is 2.31. The van der Waals surface area contributed by atoms with Gasteiger partial charge >= 0.3 is 0 Å². The Morgan fingerprint density at radius 2 is 2.20 bits per heavy atom. The van der Waals surface area contributed by atoms with E-state index < -0.39 is 0 Å². The molecule has 0 aliphatic heterocycles. The zero-order chi connectivity index (χ0) is 11.3. The third kappa shape index (κ3) is 2.80. The summed E-state index contributed by atoms with van der Waals surface area (Å²) < 4.78 is 0. The number of carbonyl (C=O) groups is 2. The molecule has 0 radical (unpaired) electrons. The number of benzene rings is 1. The van der Waals surface area contributed by atoms with Crippen molar-refractivity contribution in [3.05, 3.63) is 29.3 Å². The van der Waals surface area contributed by atoms with Crippen molar-refractivity contribution in [1.29, 1.82) is 0 Å². The number of aryl methyl sites for hydroxylation is 1. The molecule has 0 saturated carbocycles. The van der Waals surface area contributed by atoms with Crippen LogP contribution in [0.4, 0.5) is 5.69 Å². The maximum atomic E-state index is 11.6. The monoisotopic (exact) mass is 206 g/mol. The van der Waals surface area contributed by atoms with Gasteiger partial charge in [0, 0.05) is 12.7 Å². The van der Waals surface area contributed by atoms with E-state index in [1.807, 2.05) is 19.1 Å². The minimum Gasteiger partial charge on any atom is -0.387 e. The molecule has 1 rings (SSSR count). The molecule has 0 atom stereocenters. The van der Waals surface area contributed by atoms with Crippen LogP contribution in [0.2, 0.25) is 0 Å². The molecule has 4 nitrogen and oxygen atoms in total. The molecule has 2 N–H and O–H groups in total. The van der Waals surface area contributed by atoms with Gasteiger partial charge in [0.2, 0.25) is 0 Å². The second kappa shape index (κ2) is 5.14. The average molecular weight is 206 g/mol. The van der Waals surface area contributed by atoms with Crippen LogP contribution in [-0.2, 0) is 4.79 Å². The molecular formula is C11H14N2O2. The summed E-state index contributed by atoms with van der Waals surface area (Å²) in [6, 6.07) is 5.54. The summed E-state index contributed by atoms with van der Waals surface area (Å²) in [6.45, 7) is 1.95. The lowest BCUT2D eigenvalue weighted by molar-refractivity contribution is -0.107. The van der Waals surface area contributed by atoms with Crippen LogP contribution in [0.5, 0.6) is 0 Å². The van der Waals surface area contributed by atoms with E-state index in [9.17, 15) is 9.59 Å². The van der Waals surface area contributed by atoms with Gasteiger partial charge < -0.3 is 15.4 Å². The second-order valence-electron chi connectivity index (χ2n) is 3.18. The van der Waals surface area contributed by atoms with Crippen LogP contribution in [0.15, 0.2) is 18.2 Å². The molecule has 0 aromatic heterocycles. The van der Waals surface area contributed by atoms with Crippen molar-refractivity contribution in [1.82, 2.24) is 5.32 Å². The smallest absolute Gasteiger partial charge is 0.253 e. The van der Waals surface area contributed by atoms with Crippen LogP contribution in [0.1, 0.15) is 15.9 Å². The van der Waals surface area contributed by atoms with Crippen molar-refractivity contribution in [2.24, 2.45) is 0 Å². The fourth-order valence-corrected chi connectivity index (χ4v) is 1.29. The second-order valence-corrected chi connectivity index (χ2v) is 3.18. The van der Waals surface area contributed by atoms with Crippen LogP contribution in [0.25, 0.3) is 0 Å². The number of nitrogens with one attached hydrogen (secondary N) is 2. The Morgan fingerprint density at radius 1 is 1.47 bits per heavy atom. The van der Waals surface area contributed by atoms with Gasteiger partial charge in [-0.3, -0.25) is 4.79 Å². The van der Waals surface area contributed by atoms with Crippen molar-refractivity contribution >= 4 is 17.9 Å². The van der Waals surface area contributed by atoms with Gasteiger partial charge in [0.15, 0.2) is 0 Å². The fourth-order valence-electron chi connectivity index (χ4n) is 1.29. The van der Waals surface area contributed by atoms with E-state index in [4.69, 9.17) is 0 Å². The molecule has 1 aromatic rings. The van der Waals surface area contributed by atoms with Gasteiger partial charge in [0.1, 0.15) is 6.29 Å². The van der Waals surface area contributed by atoms with Crippen molar-refractivity contribution in [3.8, 4) is 0 Å². The van der Waals surface area contributed by atoms with Crippen molar-refractivity contribution in [2.45, 2.75) is 6.92 Å². The maximum Gasteiger partial charge on any atom is 0.253 e. The van der Waals surface area contributed by atoms with Gasteiger partial charge in [-0.2, -0.15) is 0 Å². The predicted molar refractivity (Wildman–Crippen MR) is 59.1 cm³/mol. The van der Waals surface area contributed by atoms with Crippen LogP contribution >= 0.6 is 0 Å². The molecule has 0 fully saturated rings. The molecule has 4 heteroatoms. The number of aldehydes is 1. The largest absolute Gasteiger partial charge is 0.387 e. The van der Waals surface area contributed by atoms with Gasteiger partial charge in [0.25, 0.3) is 5.91 Å². The van der Waals surface area contributed by atoms with Gasteiger partial charge in [-0.1, -0.05) is 11.6 Å². The Balaban J connectivity index is 2.94. The topological polar surface area (TPSA) is 58.2 Å². The van der Waals surface area contributed by atoms with Gasteiger partial charge in [-0.25, -0.2) is 0 Å². The molecule has 0 aliphatic rings. The zero-order valence-corrected chi connectivity index (χ0v) is 8.83. The molecular weight excluding hydrogens is 192 g/mol. The normalized spacial score (nSPS) is 9.47. The highest BCUT2D eigenvalue weighted by molar-refractivity contribution is 6.00. The molecule has 0 spiro atoms. The Hall–Kier alpha value is -1.84. The number of hydrogen-bond donors (Lipinski definition) is 2. The SMILES string of the molecule is CNc1ccc(C)cc1C(=O)NCC=O. The third-order valence-electron chi connectivity index (χ3n) is 2.03. The molecule has 0 unspecified atom stereocenters. The lowest BCUT2D eigenvalue weighted by Gasteiger charge is -2.09. The summed E-state index contributed by atoms with van der Waals surface area (Å²) in [5.74, 6) is -0.241. The molecule has 0 saturated heterocycles. The third-order valence-corrected chi connectivity index (χ3v) is 2.03. The zero-order valence-electron chi connectivity index (χ0n) is 8.83. The number of hydrogen-bond acceptors (Lipinski definition) is 3. The highest BCUT2D eigenvalue weighted by atomic mass is 16.2. The van der Waals surface area contributed by atoms with Gasteiger partial charge in [-0.15, -0.1) is 0 Å². The molecule has 0 bridgehead atoms. The molecule has 80 valence electrons. The molecule has 0 aliphatic carbocycles. The molecule has 15 heavy (non-hydrogen) atoms.